The number of hydrogen-bond acceptors (Lipinski definition) is 4. The molecule has 1 saturated heterocycles. The summed E-state index contributed by atoms with van der Waals surface area (Å²) in [5, 5.41) is 9.87. The minimum absolute atomic E-state index is 0.299. The van der Waals surface area contributed by atoms with Gasteiger partial charge in [0.1, 0.15) is 0 Å². The normalized spacial score (nSPS) is 26.5. The van der Waals surface area contributed by atoms with Gasteiger partial charge >= 0.3 is 0 Å². The second-order valence-corrected chi connectivity index (χ2v) is 8.85. The lowest BCUT2D eigenvalue weighted by Gasteiger charge is -2.29. The summed E-state index contributed by atoms with van der Waals surface area (Å²) in [6, 6.07) is 17.5. The highest BCUT2D eigenvalue weighted by molar-refractivity contribution is 6.36. The summed E-state index contributed by atoms with van der Waals surface area (Å²) in [5.41, 5.74) is 0.702. The second-order valence-electron chi connectivity index (χ2n) is 7.97. The fourth-order valence-electron chi connectivity index (χ4n) is 5.24. The van der Waals surface area contributed by atoms with Crippen LogP contribution in [-0.2, 0) is 15.0 Å². The zero-order chi connectivity index (χ0) is 22.0. The van der Waals surface area contributed by atoms with E-state index in [9.17, 15) is 14.9 Å². The van der Waals surface area contributed by atoms with Crippen LogP contribution in [0.1, 0.15) is 23.6 Å². The molecule has 7 heteroatoms. The number of pyridine rings is 1. The lowest BCUT2D eigenvalue weighted by atomic mass is 9.79. The van der Waals surface area contributed by atoms with Gasteiger partial charge in [0.25, 0.3) is 0 Å². The monoisotopic (exact) mass is 447 g/mol. The Labute approximate surface area is 188 Å². The van der Waals surface area contributed by atoms with Crippen LogP contribution in [0, 0.1) is 22.7 Å². The molecule has 31 heavy (non-hydrogen) atoms. The van der Waals surface area contributed by atoms with Gasteiger partial charge in [-0.3, -0.25) is 14.6 Å². The summed E-state index contributed by atoms with van der Waals surface area (Å²) < 4.78 is 0. The summed E-state index contributed by atoms with van der Waals surface area (Å²) >= 11 is 12.2. The number of nitrogens with zero attached hydrogens (tertiary/aromatic N) is 3. The third-order valence-corrected chi connectivity index (χ3v) is 7.01. The number of anilines is 1. The zero-order valence-corrected chi connectivity index (χ0v) is 17.9. The Hall–Kier alpha value is -3.20. The summed E-state index contributed by atoms with van der Waals surface area (Å²) in [5.74, 6) is -1.20. The fourth-order valence-corrected chi connectivity index (χ4v) is 5.75. The molecule has 3 atom stereocenters. The van der Waals surface area contributed by atoms with Crippen molar-refractivity contribution in [3.05, 3.63) is 93.7 Å². The first-order valence-electron chi connectivity index (χ1n) is 9.61. The van der Waals surface area contributed by atoms with Crippen LogP contribution in [0.5, 0.6) is 0 Å². The van der Waals surface area contributed by atoms with E-state index >= 15 is 0 Å². The van der Waals surface area contributed by atoms with E-state index in [4.69, 9.17) is 23.2 Å². The number of carbonyl (C=O) groups excluding carboxylic acids is 2. The molecule has 2 aromatic carbocycles. The molecule has 0 unspecified atom stereocenters. The van der Waals surface area contributed by atoms with Crippen LogP contribution in [0.3, 0.4) is 0 Å². The number of amides is 2. The van der Waals surface area contributed by atoms with Crippen LogP contribution >= 0.6 is 23.2 Å². The van der Waals surface area contributed by atoms with Gasteiger partial charge in [0.05, 0.1) is 28.7 Å². The molecule has 2 heterocycles. The average Bonchev–Trinajstić information content (AvgIpc) is 3.28. The Bertz CT molecular complexity index is 1270. The Balaban J connectivity index is 1.68. The Kier molecular flexibility index (Phi) is 4.23. The van der Waals surface area contributed by atoms with Crippen LogP contribution in [0.25, 0.3) is 0 Å². The molecule has 0 radical (unpaired) electrons. The van der Waals surface area contributed by atoms with Gasteiger partial charge in [-0.05, 0) is 60.5 Å². The summed E-state index contributed by atoms with van der Waals surface area (Å²) in [7, 11) is 0. The molecule has 1 aromatic heterocycles. The minimum atomic E-state index is -0.992. The van der Waals surface area contributed by atoms with Crippen molar-refractivity contribution >= 4 is 40.7 Å². The maximum absolute atomic E-state index is 13.7. The van der Waals surface area contributed by atoms with Gasteiger partial charge in [-0.15, -0.1) is 0 Å². The van der Waals surface area contributed by atoms with Crippen LogP contribution < -0.4 is 4.90 Å². The van der Waals surface area contributed by atoms with Gasteiger partial charge in [0.2, 0.25) is 11.8 Å². The first-order chi connectivity index (χ1) is 14.9. The van der Waals surface area contributed by atoms with E-state index in [-0.39, 0.29) is 11.8 Å². The quantitative estimate of drug-likeness (QED) is 0.542. The van der Waals surface area contributed by atoms with E-state index in [1.165, 1.54) is 4.90 Å². The van der Waals surface area contributed by atoms with E-state index in [1.54, 1.807) is 42.7 Å². The number of rotatable bonds is 3. The van der Waals surface area contributed by atoms with Gasteiger partial charge in [0, 0.05) is 27.9 Å². The Morgan fingerprint density at radius 1 is 0.968 bits per heavy atom. The van der Waals surface area contributed by atoms with Crippen molar-refractivity contribution in [3.8, 4) is 6.07 Å². The largest absolute Gasteiger partial charge is 0.274 e. The average molecular weight is 448 g/mol. The molecule has 0 spiro atoms. The number of aromatic nitrogens is 1. The van der Waals surface area contributed by atoms with E-state index in [1.807, 2.05) is 31.2 Å². The van der Waals surface area contributed by atoms with Gasteiger partial charge in [0.15, 0.2) is 0 Å². The molecule has 5 rings (SSSR count). The number of hydrogen-bond donors (Lipinski definition) is 0. The van der Waals surface area contributed by atoms with Crippen molar-refractivity contribution in [2.24, 2.45) is 11.3 Å². The molecule has 1 aliphatic carbocycles. The Morgan fingerprint density at radius 2 is 1.55 bits per heavy atom. The molecule has 2 amide bonds. The van der Waals surface area contributed by atoms with Crippen LogP contribution in [0.2, 0.25) is 10.0 Å². The molecular formula is C24H15Cl2N3O2. The Morgan fingerprint density at radius 3 is 2.06 bits per heavy atom. The number of benzene rings is 2. The van der Waals surface area contributed by atoms with E-state index in [2.05, 4.69) is 11.1 Å². The van der Waals surface area contributed by atoms with Gasteiger partial charge in [-0.2, -0.15) is 5.26 Å². The summed E-state index contributed by atoms with van der Waals surface area (Å²) in [6.45, 7) is 1.82. The molecule has 0 bridgehead atoms. The summed E-state index contributed by atoms with van der Waals surface area (Å²) in [4.78, 5) is 32.6. The standard InChI is InChI=1S/C24H15Cl2N3O2/c1-23-20(21(30)29(22(23)31)19-11-17(25)10-18(26)12-19)24(23,16-6-8-28-9-7-16)15-4-2-14(13-27)3-5-15/h2-12,20H,1H3/t20-,23-,24-/m1/s1. The van der Waals surface area contributed by atoms with Crippen LogP contribution in [0.15, 0.2) is 67.0 Å². The molecule has 1 aliphatic heterocycles. The topological polar surface area (TPSA) is 74.1 Å². The van der Waals surface area contributed by atoms with Gasteiger partial charge in [-0.1, -0.05) is 35.3 Å². The first kappa shape index (κ1) is 19.7. The zero-order valence-electron chi connectivity index (χ0n) is 16.3. The minimum Gasteiger partial charge on any atom is -0.274 e. The van der Waals surface area contributed by atoms with E-state index < -0.39 is 16.7 Å². The number of carbonyl (C=O) groups is 2. The number of fused-ring (bicyclic) bond motifs is 1. The molecule has 1 saturated carbocycles. The SMILES string of the molecule is C[C@]12C(=O)N(c3cc(Cl)cc(Cl)c3)C(=O)[C@H]1[C@]2(c1ccncc1)c1ccc(C#N)cc1. The van der Waals surface area contributed by atoms with Crippen molar-refractivity contribution in [1.29, 1.82) is 5.26 Å². The molecule has 152 valence electrons. The third kappa shape index (κ3) is 2.46. The molecule has 2 fully saturated rings. The highest BCUT2D eigenvalue weighted by Gasteiger charge is 2.86. The molecule has 0 N–H and O–H groups in total. The van der Waals surface area contributed by atoms with Crippen molar-refractivity contribution in [2.45, 2.75) is 12.3 Å². The van der Waals surface area contributed by atoms with Gasteiger partial charge < -0.3 is 0 Å². The highest BCUT2D eigenvalue weighted by atomic mass is 35.5. The molecule has 5 nitrogen and oxygen atoms in total. The first-order valence-corrected chi connectivity index (χ1v) is 10.4. The number of piperidine rings is 1. The van der Waals surface area contributed by atoms with Crippen molar-refractivity contribution in [1.82, 2.24) is 4.98 Å². The van der Waals surface area contributed by atoms with Crippen molar-refractivity contribution < 1.29 is 9.59 Å². The fraction of sp³-hybridized carbons (Fsp3) is 0.167. The second kappa shape index (κ2) is 6.65. The van der Waals surface area contributed by atoms with E-state index in [0.29, 0.717) is 21.3 Å². The van der Waals surface area contributed by atoms with Crippen molar-refractivity contribution in [2.75, 3.05) is 4.90 Å². The summed E-state index contributed by atoms with van der Waals surface area (Å²) in [6.07, 6.45) is 3.31. The number of imide groups is 1. The maximum atomic E-state index is 13.7. The highest BCUT2D eigenvalue weighted by Crippen LogP contribution is 2.76. The van der Waals surface area contributed by atoms with Crippen LogP contribution in [0.4, 0.5) is 5.69 Å². The third-order valence-electron chi connectivity index (χ3n) is 6.57. The predicted octanol–water partition coefficient (Wildman–Crippen LogP) is 4.76. The molecule has 3 aromatic rings. The van der Waals surface area contributed by atoms with E-state index in [0.717, 1.165) is 11.1 Å². The number of halogens is 2. The lowest BCUT2D eigenvalue weighted by Crippen LogP contribution is -2.42. The van der Waals surface area contributed by atoms with Crippen molar-refractivity contribution in [3.63, 3.8) is 0 Å². The molecule has 2 aliphatic rings. The van der Waals surface area contributed by atoms with Crippen LogP contribution in [-0.4, -0.2) is 16.8 Å². The smallest absolute Gasteiger partial charge is 0.241 e. The lowest BCUT2D eigenvalue weighted by molar-refractivity contribution is -0.125. The molecular weight excluding hydrogens is 433 g/mol. The van der Waals surface area contributed by atoms with Gasteiger partial charge in [-0.25, -0.2) is 4.90 Å². The maximum Gasteiger partial charge on any atom is 0.241 e. The number of nitriles is 1. The predicted molar refractivity (Wildman–Crippen MR) is 117 cm³/mol.